The molecule has 0 saturated carbocycles. The van der Waals surface area contributed by atoms with Gasteiger partial charge >= 0.3 is 11.6 Å². The zero-order valence-corrected chi connectivity index (χ0v) is 16.9. The Kier molecular flexibility index (Phi) is 5.03. The maximum Gasteiger partial charge on any atom is 0.342 e. The van der Waals surface area contributed by atoms with Crippen LogP contribution in [0.4, 0.5) is 5.69 Å². The number of carbonyl (C=O) groups is 2. The number of hydrogen-bond donors (Lipinski definition) is 1. The second-order valence-corrected chi connectivity index (χ2v) is 7.39. The fourth-order valence-electron chi connectivity index (χ4n) is 3.60. The molecular formula is C23H21NO6. The van der Waals surface area contributed by atoms with E-state index in [1.165, 1.54) is 13.0 Å². The molecule has 2 aromatic carbocycles. The van der Waals surface area contributed by atoms with Gasteiger partial charge in [-0.05, 0) is 25.1 Å². The van der Waals surface area contributed by atoms with Gasteiger partial charge in [-0.3, -0.25) is 4.79 Å². The molecule has 2 heterocycles. The Bertz CT molecular complexity index is 1210. The average Bonchev–Trinajstić information content (AvgIpc) is 2.99. The van der Waals surface area contributed by atoms with Gasteiger partial charge in [0, 0.05) is 47.2 Å². The van der Waals surface area contributed by atoms with Gasteiger partial charge in [0.15, 0.2) is 0 Å². The second-order valence-electron chi connectivity index (χ2n) is 7.39. The standard InChI is InChI=1S/C23H21NO6/c1-12-13(2)29-22-17(12)5-4-6-19(22)23(27)28-11-15-9-21(26)30-20-10-16(24-14(3)25)7-8-18(15)20/h4-10,12-13H,11H2,1-3H3,(H,24,25). The van der Waals surface area contributed by atoms with Gasteiger partial charge in [0.2, 0.25) is 5.91 Å². The molecule has 0 saturated heterocycles. The second kappa shape index (κ2) is 7.67. The monoisotopic (exact) mass is 407 g/mol. The highest BCUT2D eigenvalue weighted by molar-refractivity contribution is 5.94. The van der Waals surface area contributed by atoms with E-state index >= 15 is 0 Å². The molecule has 0 bridgehead atoms. The molecule has 1 amide bonds. The highest BCUT2D eigenvalue weighted by Crippen LogP contribution is 2.40. The summed E-state index contributed by atoms with van der Waals surface area (Å²) in [5.74, 6) is -0.0134. The summed E-state index contributed by atoms with van der Waals surface area (Å²) >= 11 is 0. The predicted octanol–water partition coefficient (Wildman–Crippen LogP) is 3.99. The molecule has 0 aliphatic carbocycles. The summed E-state index contributed by atoms with van der Waals surface area (Å²) in [6.45, 7) is 5.30. The van der Waals surface area contributed by atoms with Gasteiger partial charge < -0.3 is 19.2 Å². The molecule has 3 aromatic rings. The molecule has 1 aliphatic rings. The van der Waals surface area contributed by atoms with Crippen molar-refractivity contribution < 1.29 is 23.5 Å². The van der Waals surface area contributed by atoms with Gasteiger partial charge in [-0.25, -0.2) is 9.59 Å². The first-order valence-corrected chi connectivity index (χ1v) is 9.64. The van der Waals surface area contributed by atoms with Gasteiger partial charge in [-0.2, -0.15) is 0 Å². The van der Waals surface area contributed by atoms with E-state index in [4.69, 9.17) is 13.9 Å². The minimum absolute atomic E-state index is 0.0190. The van der Waals surface area contributed by atoms with Crippen LogP contribution in [0.5, 0.6) is 5.75 Å². The van der Waals surface area contributed by atoms with E-state index in [0.29, 0.717) is 33.5 Å². The Hall–Kier alpha value is -3.61. The van der Waals surface area contributed by atoms with Crippen molar-refractivity contribution in [1.82, 2.24) is 0 Å². The van der Waals surface area contributed by atoms with Crippen LogP contribution in [0.1, 0.15) is 48.2 Å². The van der Waals surface area contributed by atoms with Crippen LogP contribution >= 0.6 is 0 Å². The van der Waals surface area contributed by atoms with E-state index in [2.05, 4.69) is 12.2 Å². The number of benzene rings is 2. The van der Waals surface area contributed by atoms with Crippen LogP contribution in [0.3, 0.4) is 0 Å². The van der Waals surface area contributed by atoms with Crippen LogP contribution in [0.2, 0.25) is 0 Å². The lowest BCUT2D eigenvalue weighted by atomic mass is 9.97. The quantitative estimate of drug-likeness (QED) is 0.519. The molecule has 0 spiro atoms. The number of carbonyl (C=O) groups excluding carboxylic acids is 2. The molecule has 154 valence electrons. The van der Waals surface area contributed by atoms with E-state index in [1.54, 1.807) is 24.3 Å². The molecule has 0 fully saturated rings. The number of hydrogen-bond acceptors (Lipinski definition) is 6. The molecule has 2 atom stereocenters. The molecule has 0 radical (unpaired) electrons. The third-order valence-electron chi connectivity index (χ3n) is 5.27. The van der Waals surface area contributed by atoms with Crippen molar-refractivity contribution >= 4 is 28.5 Å². The molecule has 1 aliphatic heterocycles. The van der Waals surface area contributed by atoms with Crippen molar-refractivity contribution in [2.24, 2.45) is 0 Å². The Morgan fingerprint density at radius 2 is 1.93 bits per heavy atom. The van der Waals surface area contributed by atoms with Crippen molar-refractivity contribution in [3.05, 3.63) is 69.6 Å². The third kappa shape index (κ3) is 3.66. The summed E-state index contributed by atoms with van der Waals surface area (Å²) in [4.78, 5) is 35.9. The van der Waals surface area contributed by atoms with Crippen molar-refractivity contribution in [2.45, 2.75) is 39.4 Å². The van der Waals surface area contributed by atoms with Crippen LogP contribution in [-0.4, -0.2) is 18.0 Å². The SMILES string of the molecule is CC(=O)Nc1ccc2c(COC(=O)c3cccc4c3OC(C)C4C)cc(=O)oc2c1. The largest absolute Gasteiger partial charge is 0.489 e. The molecule has 2 unspecified atom stereocenters. The number of rotatable bonds is 4. The zero-order chi connectivity index (χ0) is 21.4. The first kappa shape index (κ1) is 19.7. The van der Waals surface area contributed by atoms with Gasteiger partial charge in [0.25, 0.3) is 0 Å². The normalized spacial score (nSPS) is 17.3. The molecule has 1 N–H and O–H groups in total. The summed E-state index contributed by atoms with van der Waals surface area (Å²) in [6, 6.07) is 11.7. The number of anilines is 1. The fraction of sp³-hybridized carbons (Fsp3) is 0.261. The Morgan fingerprint density at radius 1 is 1.13 bits per heavy atom. The molecular weight excluding hydrogens is 386 g/mol. The number of nitrogens with one attached hydrogen (secondary N) is 1. The number of amides is 1. The van der Waals surface area contributed by atoms with Gasteiger partial charge in [0.1, 0.15) is 29.6 Å². The molecule has 30 heavy (non-hydrogen) atoms. The van der Waals surface area contributed by atoms with Crippen molar-refractivity contribution in [3.63, 3.8) is 0 Å². The fourth-order valence-corrected chi connectivity index (χ4v) is 3.60. The molecule has 4 rings (SSSR count). The zero-order valence-electron chi connectivity index (χ0n) is 16.9. The summed E-state index contributed by atoms with van der Waals surface area (Å²) in [7, 11) is 0. The summed E-state index contributed by atoms with van der Waals surface area (Å²) in [5, 5.41) is 3.26. The van der Waals surface area contributed by atoms with Crippen LogP contribution in [0, 0.1) is 0 Å². The van der Waals surface area contributed by atoms with Crippen LogP contribution in [-0.2, 0) is 16.1 Å². The number of esters is 1. The highest BCUT2D eigenvalue weighted by atomic mass is 16.5. The lowest BCUT2D eigenvalue weighted by molar-refractivity contribution is -0.114. The Labute approximate surface area is 172 Å². The Balaban J connectivity index is 1.59. The minimum atomic E-state index is -0.569. The minimum Gasteiger partial charge on any atom is -0.489 e. The third-order valence-corrected chi connectivity index (χ3v) is 5.27. The molecule has 7 heteroatoms. The van der Waals surface area contributed by atoms with Crippen LogP contribution in [0.15, 0.2) is 51.7 Å². The van der Waals surface area contributed by atoms with E-state index in [9.17, 15) is 14.4 Å². The van der Waals surface area contributed by atoms with Crippen molar-refractivity contribution in [2.75, 3.05) is 5.32 Å². The lowest BCUT2D eigenvalue weighted by Crippen LogP contribution is -2.12. The van der Waals surface area contributed by atoms with Gasteiger partial charge in [-0.1, -0.05) is 19.1 Å². The smallest absolute Gasteiger partial charge is 0.342 e. The lowest BCUT2D eigenvalue weighted by Gasteiger charge is -2.11. The number of ether oxygens (including phenoxy) is 2. The van der Waals surface area contributed by atoms with Crippen molar-refractivity contribution in [1.29, 1.82) is 0 Å². The maximum atomic E-state index is 12.7. The highest BCUT2D eigenvalue weighted by Gasteiger charge is 2.31. The summed E-state index contributed by atoms with van der Waals surface area (Å²) < 4.78 is 16.6. The van der Waals surface area contributed by atoms with E-state index in [0.717, 1.165) is 5.56 Å². The molecule has 1 aromatic heterocycles. The average molecular weight is 407 g/mol. The van der Waals surface area contributed by atoms with E-state index < -0.39 is 11.6 Å². The van der Waals surface area contributed by atoms with Crippen LogP contribution in [0.25, 0.3) is 11.0 Å². The Morgan fingerprint density at radius 3 is 2.70 bits per heavy atom. The maximum absolute atomic E-state index is 12.7. The van der Waals surface area contributed by atoms with Gasteiger partial charge in [-0.15, -0.1) is 0 Å². The predicted molar refractivity (Wildman–Crippen MR) is 111 cm³/mol. The number of para-hydroxylation sites is 1. The first-order valence-electron chi connectivity index (χ1n) is 9.64. The van der Waals surface area contributed by atoms with Crippen LogP contribution < -0.4 is 15.7 Å². The summed E-state index contributed by atoms with van der Waals surface area (Å²) in [5.41, 5.74) is 2.09. The topological polar surface area (TPSA) is 94.8 Å². The summed E-state index contributed by atoms with van der Waals surface area (Å²) in [6.07, 6.45) is -0.0190. The van der Waals surface area contributed by atoms with E-state index in [-0.39, 0.29) is 24.5 Å². The number of fused-ring (bicyclic) bond motifs is 2. The molecule has 7 nitrogen and oxygen atoms in total. The van der Waals surface area contributed by atoms with Crippen molar-refractivity contribution in [3.8, 4) is 5.75 Å². The first-order chi connectivity index (χ1) is 14.3. The van der Waals surface area contributed by atoms with Gasteiger partial charge in [0.05, 0.1) is 0 Å². The van der Waals surface area contributed by atoms with E-state index in [1.807, 2.05) is 19.1 Å².